The van der Waals surface area contributed by atoms with Crippen LogP contribution < -0.4 is 0 Å². The topological polar surface area (TPSA) is 88.9 Å². The molecule has 198 valence electrons. The largest absolute Gasteiger partial charge is 0.409 e. The Balaban J connectivity index is 1.38. The number of sulfone groups is 1. The standard InChI is InChI=1S/C22H17Cl2F4N3O4S2/c1-37(33,34)8-17(32)31-9-20(10-31)19-12(7-35-20)2-11(6-29-19)16-5-21(36-30-16,22(26,27)28)13-3-14(23)18(25)15(24)4-13/h2-4,6H,5,7-10H2,1H3. The molecule has 2 aromatic rings. The fourth-order valence-corrected chi connectivity index (χ4v) is 6.71. The third-order valence-corrected chi connectivity index (χ3v) is 9.06. The van der Waals surface area contributed by atoms with E-state index in [-0.39, 0.29) is 31.0 Å². The number of fused-ring (bicyclic) bond motifs is 2. The number of carbonyl (C=O) groups excluding carboxylic acids is 1. The Labute approximate surface area is 223 Å². The molecule has 0 bridgehead atoms. The van der Waals surface area contributed by atoms with Gasteiger partial charge in [0.2, 0.25) is 5.91 Å². The zero-order chi connectivity index (χ0) is 27.0. The number of nitrogens with zero attached hydrogens (tertiary/aromatic N) is 3. The molecule has 1 aromatic carbocycles. The Kier molecular flexibility index (Phi) is 6.34. The average Bonchev–Trinajstić information content (AvgIpc) is 3.37. The Morgan fingerprint density at radius 1 is 1.22 bits per heavy atom. The molecule has 1 unspecified atom stereocenters. The van der Waals surface area contributed by atoms with Crippen LogP contribution >= 0.6 is 35.1 Å². The highest BCUT2D eigenvalue weighted by Gasteiger charge is 2.60. The van der Waals surface area contributed by atoms with Gasteiger partial charge >= 0.3 is 6.18 Å². The SMILES string of the molecule is CS(=O)(=O)CC(=O)N1CC2(C1)OCc1cc(C3=NSC(c4cc(Cl)c(F)c(Cl)c4)(C(F)(F)F)C3)cnc12. The maximum atomic E-state index is 14.4. The highest BCUT2D eigenvalue weighted by Crippen LogP contribution is 2.57. The van der Waals surface area contributed by atoms with Gasteiger partial charge in [0.1, 0.15) is 11.4 Å². The fourth-order valence-electron chi connectivity index (χ4n) is 4.62. The summed E-state index contributed by atoms with van der Waals surface area (Å²) in [5.74, 6) is -2.15. The van der Waals surface area contributed by atoms with E-state index in [9.17, 15) is 30.8 Å². The summed E-state index contributed by atoms with van der Waals surface area (Å²) in [5, 5.41) is -1.04. The minimum atomic E-state index is -4.77. The lowest BCUT2D eigenvalue weighted by Gasteiger charge is -2.46. The van der Waals surface area contributed by atoms with Gasteiger partial charge in [0.15, 0.2) is 20.4 Å². The highest BCUT2D eigenvalue weighted by molar-refractivity contribution is 7.99. The second kappa shape index (κ2) is 8.80. The fraction of sp³-hybridized carbons (Fsp3) is 0.409. The van der Waals surface area contributed by atoms with E-state index >= 15 is 0 Å². The minimum absolute atomic E-state index is 0.123. The molecule has 3 aliphatic rings. The summed E-state index contributed by atoms with van der Waals surface area (Å²) in [5.41, 5.74) is 0.480. The molecule has 15 heteroatoms. The number of alkyl halides is 3. The first-order valence-corrected chi connectivity index (χ1v) is 14.3. The van der Waals surface area contributed by atoms with E-state index in [1.54, 1.807) is 6.07 Å². The second-order valence-electron chi connectivity index (χ2n) is 9.22. The molecule has 0 N–H and O–H groups in total. The Bertz CT molecular complexity index is 1440. The van der Waals surface area contributed by atoms with Gasteiger partial charge in [0.05, 0.1) is 41.1 Å². The average molecular weight is 598 g/mol. The van der Waals surface area contributed by atoms with E-state index in [2.05, 4.69) is 9.38 Å². The first-order chi connectivity index (χ1) is 17.1. The predicted octanol–water partition coefficient (Wildman–Crippen LogP) is 4.44. The molecular weight excluding hydrogens is 581 g/mol. The number of carbonyl (C=O) groups is 1. The number of hydrogen-bond acceptors (Lipinski definition) is 7. The van der Waals surface area contributed by atoms with Crippen molar-refractivity contribution in [3.63, 3.8) is 0 Å². The molecule has 1 saturated heterocycles. The molecule has 7 nitrogen and oxygen atoms in total. The number of ether oxygens (including phenoxy) is 1. The summed E-state index contributed by atoms with van der Waals surface area (Å²) in [6.45, 7) is 0.375. The molecule has 0 radical (unpaired) electrons. The Morgan fingerprint density at radius 3 is 2.46 bits per heavy atom. The van der Waals surface area contributed by atoms with Crippen molar-refractivity contribution in [2.75, 3.05) is 25.1 Å². The lowest BCUT2D eigenvalue weighted by Crippen LogP contribution is -2.62. The highest BCUT2D eigenvalue weighted by atomic mass is 35.5. The van der Waals surface area contributed by atoms with E-state index < -0.39 is 60.3 Å². The molecule has 1 aromatic heterocycles. The number of amides is 1. The van der Waals surface area contributed by atoms with Crippen molar-refractivity contribution in [1.82, 2.24) is 9.88 Å². The summed E-state index contributed by atoms with van der Waals surface area (Å²) >= 11 is 11.9. The van der Waals surface area contributed by atoms with E-state index in [1.807, 2.05) is 0 Å². The molecule has 0 saturated carbocycles. The summed E-state index contributed by atoms with van der Waals surface area (Å²) in [6.07, 6.45) is -2.95. The first-order valence-electron chi connectivity index (χ1n) is 10.7. The van der Waals surface area contributed by atoms with Gasteiger partial charge in [0, 0.05) is 30.0 Å². The van der Waals surface area contributed by atoms with Gasteiger partial charge in [-0.2, -0.15) is 13.2 Å². The van der Waals surface area contributed by atoms with Crippen LogP contribution in [0.3, 0.4) is 0 Å². The van der Waals surface area contributed by atoms with Crippen LogP contribution in [0.2, 0.25) is 10.0 Å². The van der Waals surface area contributed by atoms with Crippen LogP contribution in [0.4, 0.5) is 17.6 Å². The number of benzene rings is 1. The van der Waals surface area contributed by atoms with Crippen molar-refractivity contribution in [3.8, 4) is 0 Å². The minimum Gasteiger partial charge on any atom is -0.360 e. The number of hydrogen-bond donors (Lipinski definition) is 0. The molecule has 3 aliphatic heterocycles. The second-order valence-corrected chi connectivity index (χ2v) is 13.2. The molecule has 1 amide bonds. The molecule has 0 aliphatic carbocycles. The lowest BCUT2D eigenvalue weighted by molar-refractivity contribution is -0.167. The van der Waals surface area contributed by atoms with Gasteiger partial charge < -0.3 is 9.64 Å². The van der Waals surface area contributed by atoms with Gasteiger partial charge in [-0.3, -0.25) is 9.78 Å². The Morgan fingerprint density at radius 2 is 1.86 bits per heavy atom. The third kappa shape index (κ3) is 4.52. The van der Waals surface area contributed by atoms with E-state index in [4.69, 9.17) is 27.9 Å². The van der Waals surface area contributed by atoms with Crippen molar-refractivity contribution >= 4 is 56.6 Å². The van der Waals surface area contributed by atoms with Crippen LogP contribution in [0.15, 0.2) is 28.8 Å². The summed E-state index contributed by atoms with van der Waals surface area (Å²) in [6, 6.07) is 3.47. The van der Waals surface area contributed by atoms with Gasteiger partial charge in [-0.05, 0) is 35.7 Å². The Hall–Kier alpha value is -1.93. The van der Waals surface area contributed by atoms with Crippen LogP contribution in [-0.2, 0) is 36.3 Å². The zero-order valence-electron chi connectivity index (χ0n) is 18.9. The normalized spacial score (nSPS) is 22.7. The number of halogens is 6. The molecule has 37 heavy (non-hydrogen) atoms. The van der Waals surface area contributed by atoms with Gasteiger partial charge in [-0.25, -0.2) is 17.2 Å². The lowest BCUT2D eigenvalue weighted by atomic mass is 9.87. The monoisotopic (exact) mass is 597 g/mol. The van der Waals surface area contributed by atoms with Crippen molar-refractivity contribution in [3.05, 3.63) is 62.6 Å². The number of likely N-dealkylation sites (tertiary alicyclic amines) is 1. The molecule has 5 rings (SSSR count). The van der Waals surface area contributed by atoms with E-state index in [0.29, 0.717) is 28.8 Å². The molecular formula is C22H17Cl2F4N3O4S2. The quantitative estimate of drug-likeness (QED) is 0.294. The predicted molar refractivity (Wildman–Crippen MR) is 130 cm³/mol. The number of aromatic nitrogens is 1. The summed E-state index contributed by atoms with van der Waals surface area (Å²) in [4.78, 5) is 18.0. The van der Waals surface area contributed by atoms with Crippen LogP contribution in [0.5, 0.6) is 0 Å². The van der Waals surface area contributed by atoms with Gasteiger partial charge in [-0.1, -0.05) is 23.2 Å². The summed E-state index contributed by atoms with van der Waals surface area (Å²) < 4.78 is 87.2. The van der Waals surface area contributed by atoms with Crippen molar-refractivity contribution in [2.24, 2.45) is 4.40 Å². The molecule has 1 atom stereocenters. The van der Waals surface area contributed by atoms with Gasteiger partial charge in [-0.15, -0.1) is 0 Å². The van der Waals surface area contributed by atoms with Crippen LogP contribution in [-0.4, -0.2) is 61.2 Å². The van der Waals surface area contributed by atoms with Crippen molar-refractivity contribution in [1.29, 1.82) is 0 Å². The van der Waals surface area contributed by atoms with Crippen LogP contribution in [0.1, 0.15) is 28.8 Å². The zero-order valence-corrected chi connectivity index (χ0v) is 22.0. The maximum absolute atomic E-state index is 14.4. The number of pyridine rings is 1. The summed E-state index contributed by atoms with van der Waals surface area (Å²) in [7, 11) is -3.48. The smallest absolute Gasteiger partial charge is 0.360 e. The maximum Gasteiger partial charge on any atom is 0.409 e. The van der Waals surface area contributed by atoms with E-state index in [0.717, 1.165) is 18.4 Å². The van der Waals surface area contributed by atoms with Crippen LogP contribution in [0.25, 0.3) is 0 Å². The molecule has 1 fully saturated rings. The molecule has 4 heterocycles. The first kappa shape index (κ1) is 26.7. The molecule has 1 spiro atoms. The third-order valence-electron chi connectivity index (χ3n) is 6.50. The van der Waals surface area contributed by atoms with Crippen LogP contribution in [0, 0.1) is 5.82 Å². The van der Waals surface area contributed by atoms with Crippen molar-refractivity contribution in [2.45, 2.75) is 29.6 Å². The van der Waals surface area contributed by atoms with Gasteiger partial charge in [0.25, 0.3) is 0 Å². The number of rotatable bonds is 4. The van der Waals surface area contributed by atoms with E-state index in [1.165, 1.54) is 11.1 Å². The van der Waals surface area contributed by atoms with Crippen molar-refractivity contribution < 1.29 is 35.5 Å².